The smallest absolute Gasteiger partial charge is 0.260 e. The van der Waals surface area contributed by atoms with Crippen LogP contribution < -0.4 is 0 Å². The van der Waals surface area contributed by atoms with Crippen LogP contribution in [0.1, 0.15) is 38.9 Å². The number of aliphatic hydroxyl groups excluding tert-OH is 1. The van der Waals surface area contributed by atoms with E-state index in [0.29, 0.717) is 28.0 Å². The number of hydrogen-bond donors (Lipinski definition) is 1. The molecule has 1 aromatic heterocycles. The van der Waals surface area contributed by atoms with Crippen molar-refractivity contribution in [2.45, 2.75) is 19.4 Å². The van der Waals surface area contributed by atoms with Crippen LogP contribution in [0.4, 0.5) is 0 Å². The van der Waals surface area contributed by atoms with Crippen LogP contribution in [0, 0.1) is 6.92 Å². The van der Waals surface area contributed by atoms with E-state index in [4.69, 9.17) is 4.42 Å². The molecule has 0 bridgehead atoms. The van der Waals surface area contributed by atoms with Crippen LogP contribution in [0.3, 0.4) is 0 Å². The van der Waals surface area contributed by atoms with E-state index in [0.717, 1.165) is 4.90 Å². The van der Waals surface area contributed by atoms with E-state index in [1.54, 1.807) is 31.2 Å². The first-order valence-electron chi connectivity index (χ1n) is 6.65. The molecule has 2 amide bonds. The maximum Gasteiger partial charge on any atom is 0.260 e. The maximum absolute atomic E-state index is 12.2. The molecule has 0 aliphatic carbocycles. The summed E-state index contributed by atoms with van der Waals surface area (Å²) in [4.78, 5) is 24.9. The highest BCUT2D eigenvalue weighted by atomic mass is 16.3. The molecule has 1 unspecified atom stereocenters. The minimum absolute atomic E-state index is 0.207. The van der Waals surface area contributed by atoms with Crippen molar-refractivity contribution in [2.24, 2.45) is 0 Å². The van der Waals surface area contributed by atoms with Gasteiger partial charge in [-0.3, -0.25) is 14.5 Å². The fraction of sp³-hybridized carbons (Fsp3) is 0.250. The highest BCUT2D eigenvalue weighted by Gasteiger charge is 2.29. The first kappa shape index (κ1) is 13.6. The molecule has 1 aliphatic heterocycles. The number of aryl methyl sites for hydroxylation is 1. The van der Waals surface area contributed by atoms with Crippen LogP contribution in [0.15, 0.2) is 34.9 Å². The Morgan fingerprint density at radius 2 is 2.05 bits per heavy atom. The fourth-order valence-corrected chi connectivity index (χ4v) is 2.55. The fourth-order valence-electron chi connectivity index (χ4n) is 2.55. The number of amides is 2. The Morgan fingerprint density at radius 3 is 2.71 bits per heavy atom. The minimum Gasteiger partial charge on any atom is -0.469 e. The number of furan rings is 1. The van der Waals surface area contributed by atoms with Gasteiger partial charge in [-0.05, 0) is 30.2 Å². The van der Waals surface area contributed by atoms with Crippen molar-refractivity contribution in [3.63, 3.8) is 0 Å². The number of aliphatic hydroxyl groups is 1. The summed E-state index contributed by atoms with van der Waals surface area (Å²) < 4.78 is 5.19. The summed E-state index contributed by atoms with van der Waals surface area (Å²) in [6.07, 6.45) is 0.868. The third kappa shape index (κ3) is 2.15. The second-order valence-electron chi connectivity index (χ2n) is 5.19. The standard InChI is InChI=1S/C16H15NO4/c1-9-12(5-6-21-9)15(19)11-4-3-10-8-14(18)17(2)16(20)13(10)7-11/h3-7,15,19H,8H2,1-2H3. The lowest BCUT2D eigenvalue weighted by Crippen LogP contribution is -2.39. The molecule has 5 nitrogen and oxygen atoms in total. The zero-order valence-electron chi connectivity index (χ0n) is 11.8. The molecule has 1 aromatic carbocycles. The molecule has 21 heavy (non-hydrogen) atoms. The monoisotopic (exact) mass is 285 g/mol. The largest absolute Gasteiger partial charge is 0.469 e. The molecular formula is C16H15NO4. The highest BCUT2D eigenvalue weighted by Crippen LogP contribution is 2.29. The lowest BCUT2D eigenvalue weighted by atomic mass is 9.93. The van der Waals surface area contributed by atoms with Gasteiger partial charge < -0.3 is 9.52 Å². The first-order chi connectivity index (χ1) is 9.99. The summed E-state index contributed by atoms with van der Waals surface area (Å²) in [6, 6.07) is 6.82. The van der Waals surface area contributed by atoms with E-state index in [9.17, 15) is 14.7 Å². The molecule has 108 valence electrons. The van der Waals surface area contributed by atoms with Crippen LogP contribution in [-0.4, -0.2) is 28.9 Å². The molecule has 2 heterocycles. The zero-order chi connectivity index (χ0) is 15.1. The quantitative estimate of drug-likeness (QED) is 0.854. The molecule has 0 saturated heterocycles. The molecule has 0 fully saturated rings. The average Bonchev–Trinajstić information content (AvgIpc) is 2.90. The van der Waals surface area contributed by atoms with Crippen molar-refractivity contribution in [3.8, 4) is 0 Å². The third-order valence-electron chi connectivity index (χ3n) is 3.89. The molecule has 5 heteroatoms. The second-order valence-corrected chi connectivity index (χ2v) is 5.19. The van der Waals surface area contributed by atoms with Gasteiger partial charge in [-0.1, -0.05) is 12.1 Å². The van der Waals surface area contributed by atoms with Gasteiger partial charge in [0.1, 0.15) is 11.9 Å². The topological polar surface area (TPSA) is 70.8 Å². The Bertz CT molecular complexity index is 732. The molecule has 2 aromatic rings. The third-order valence-corrected chi connectivity index (χ3v) is 3.89. The van der Waals surface area contributed by atoms with Crippen molar-refractivity contribution in [3.05, 3.63) is 58.5 Å². The van der Waals surface area contributed by atoms with Gasteiger partial charge >= 0.3 is 0 Å². The van der Waals surface area contributed by atoms with Gasteiger partial charge in [0, 0.05) is 18.2 Å². The van der Waals surface area contributed by atoms with Gasteiger partial charge in [0.25, 0.3) is 5.91 Å². The number of hydrogen-bond acceptors (Lipinski definition) is 4. The molecule has 0 radical (unpaired) electrons. The van der Waals surface area contributed by atoms with Gasteiger partial charge in [0.05, 0.1) is 12.7 Å². The van der Waals surface area contributed by atoms with Crippen LogP contribution in [0.5, 0.6) is 0 Å². The lowest BCUT2D eigenvalue weighted by Gasteiger charge is -2.24. The number of likely N-dealkylation sites (N-methyl/N-ethyl adjacent to an activating group) is 1. The number of fused-ring (bicyclic) bond motifs is 1. The van der Waals surface area contributed by atoms with Crippen LogP contribution in [0.2, 0.25) is 0 Å². The van der Waals surface area contributed by atoms with Gasteiger partial charge in [0.15, 0.2) is 0 Å². The molecule has 0 spiro atoms. The summed E-state index contributed by atoms with van der Waals surface area (Å²) in [5, 5.41) is 10.4. The molecule has 3 rings (SSSR count). The zero-order valence-corrected chi connectivity index (χ0v) is 11.8. The van der Waals surface area contributed by atoms with Gasteiger partial charge in [-0.15, -0.1) is 0 Å². The molecule has 1 aliphatic rings. The van der Waals surface area contributed by atoms with Crippen molar-refractivity contribution >= 4 is 11.8 Å². The van der Waals surface area contributed by atoms with Gasteiger partial charge in [0.2, 0.25) is 5.91 Å². The first-order valence-corrected chi connectivity index (χ1v) is 6.65. The number of carbonyl (C=O) groups excluding carboxylic acids is 2. The maximum atomic E-state index is 12.2. The molecule has 1 atom stereocenters. The van der Waals surface area contributed by atoms with Gasteiger partial charge in [-0.25, -0.2) is 0 Å². The summed E-state index contributed by atoms with van der Waals surface area (Å²) in [5.74, 6) is 0.0875. The summed E-state index contributed by atoms with van der Waals surface area (Å²) in [5.41, 5.74) is 2.44. The number of carbonyl (C=O) groups is 2. The van der Waals surface area contributed by atoms with Crippen LogP contribution >= 0.6 is 0 Å². The van der Waals surface area contributed by atoms with Crippen molar-refractivity contribution in [1.29, 1.82) is 0 Å². The number of benzene rings is 1. The van der Waals surface area contributed by atoms with Gasteiger partial charge in [-0.2, -0.15) is 0 Å². The Morgan fingerprint density at radius 1 is 1.29 bits per heavy atom. The summed E-state index contributed by atoms with van der Waals surface area (Å²) in [6.45, 7) is 1.77. The van der Waals surface area contributed by atoms with E-state index in [1.165, 1.54) is 13.3 Å². The molecular weight excluding hydrogens is 270 g/mol. The number of rotatable bonds is 2. The van der Waals surface area contributed by atoms with E-state index in [-0.39, 0.29) is 18.2 Å². The van der Waals surface area contributed by atoms with Crippen LogP contribution in [0.25, 0.3) is 0 Å². The summed E-state index contributed by atoms with van der Waals surface area (Å²) >= 11 is 0. The Hall–Kier alpha value is -2.40. The van der Waals surface area contributed by atoms with E-state index < -0.39 is 6.10 Å². The Labute approximate surface area is 121 Å². The van der Waals surface area contributed by atoms with Crippen molar-refractivity contribution < 1.29 is 19.1 Å². The Balaban J connectivity index is 2.02. The van der Waals surface area contributed by atoms with E-state index in [1.807, 2.05) is 0 Å². The van der Waals surface area contributed by atoms with Crippen molar-refractivity contribution in [1.82, 2.24) is 4.90 Å². The summed E-state index contributed by atoms with van der Waals surface area (Å²) in [7, 11) is 1.47. The highest BCUT2D eigenvalue weighted by molar-refractivity contribution is 6.09. The normalized spacial score (nSPS) is 16.0. The Kier molecular flexibility index (Phi) is 3.14. The predicted molar refractivity (Wildman–Crippen MR) is 74.8 cm³/mol. The molecule has 1 N–H and O–H groups in total. The number of nitrogens with zero attached hydrogens (tertiary/aromatic N) is 1. The van der Waals surface area contributed by atoms with Crippen molar-refractivity contribution in [2.75, 3.05) is 7.05 Å². The minimum atomic E-state index is -0.857. The van der Waals surface area contributed by atoms with E-state index in [2.05, 4.69) is 0 Å². The predicted octanol–water partition coefficient (Wildman–Crippen LogP) is 1.82. The lowest BCUT2D eigenvalue weighted by molar-refractivity contribution is -0.127. The average molecular weight is 285 g/mol. The molecule has 0 saturated carbocycles. The second kappa shape index (κ2) is 4.86. The SMILES string of the molecule is Cc1occc1C(O)c1ccc2c(c1)C(=O)N(C)C(=O)C2. The van der Waals surface area contributed by atoms with Crippen LogP contribution in [-0.2, 0) is 11.2 Å². The van der Waals surface area contributed by atoms with E-state index >= 15 is 0 Å². The number of imide groups is 1.